The quantitative estimate of drug-likeness (QED) is 0.475. The summed E-state index contributed by atoms with van der Waals surface area (Å²) in [4.78, 5) is 0. The van der Waals surface area contributed by atoms with Gasteiger partial charge in [0, 0.05) is 5.41 Å². The summed E-state index contributed by atoms with van der Waals surface area (Å²) < 4.78 is 52.7. The van der Waals surface area contributed by atoms with Crippen molar-refractivity contribution in [1.29, 1.82) is 0 Å². The van der Waals surface area contributed by atoms with Crippen molar-refractivity contribution in [3.8, 4) is 0 Å². The third-order valence-corrected chi connectivity index (χ3v) is 5.88. The molecule has 0 unspecified atom stereocenters. The van der Waals surface area contributed by atoms with E-state index in [1.807, 2.05) is 41.5 Å². The second kappa shape index (κ2) is 7.49. The van der Waals surface area contributed by atoms with Gasteiger partial charge in [-0.15, -0.1) is 0 Å². The molecule has 0 aromatic carbocycles. The summed E-state index contributed by atoms with van der Waals surface area (Å²) in [5.41, 5.74) is -5.23. The van der Waals surface area contributed by atoms with Gasteiger partial charge in [0.05, 0.1) is 13.2 Å². The van der Waals surface area contributed by atoms with Crippen molar-refractivity contribution < 1.29 is 22.4 Å². The maximum atomic E-state index is 14.7. The van der Waals surface area contributed by atoms with Crippen LogP contribution in [-0.4, -0.2) is 18.9 Å². The Morgan fingerprint density at radius 2 is 1.04 bits per heavy atom. The van der Waals surface area contributed by atoms with E-state index in [2.05, 4.69) is 0 Å². The molecule has 0 saturated heterocycles. The van der Waals surface area contributed by atoms with Crippen LogP contribution < -0.4 is 0 Å². The van der Waals surface area contributed by atoms with Gasteiger partial charge in [-0.05, 0) is 23.7 Å². The van der Waals surface area contributed by atoms with Gasteiger partial charge in [-0.2, -0.15) is 8.78 Å². The molecular formula is C17H35F2O3P. The van der Waals surface area contributed by atoms with Crippen LogP contribution in [0.3, 0.4) is 0 Å². The zero-order chi connectivity index (χ0) is 18.7. The molecule has 23 heavy (non-hydrogen) atoms. The molecule has 0 fully saturated rings. The van der Waals surface area contributed by atoms with Crippen molar-refractivity contribution in [3.05, 3.63) is 0 Å². The van der Waals surface area contributed by atoms with Crippen molar-refractivity contribution in [1.82, 2.24) is 0 Å². The summed E-state index contributed by atoms with van der Waals surface area (Å²) in [6, 6.07) is 0. The molecule has 0 spiro atoms. The zero-order valence-electron chi connectivity index (χ0n) is 16.3. The van der Waals surface area contributed by atoms with Crippen molar-refractivity contribution in [2.24, 2.45) is 16.2 Å². The Kier molecular flexibility index (Phi) is 7.50. The molecular weight excluding hydrogens is 321 g/mol. The van der Waals surface area contributed by atoms with E-state index in [1.165, 1.54) is 20.8 Å². The third kappa shape index (κ3) is 7.62. The average molecular weight is 356 g/mol. The number of rotatable bonds is 7. The van der Waals surface area contributed by atoms with Crippen LogP contribution in [0.4, 0.5) is 8.78 Å². The maximum absolute atomic E-state index is 14.7. The van der Waals surface area contributed by atoms with E-state index in [-0.39, 0.29) is 24.0 Å². The fourth-order valence-corrected chi connectivity index (χ4v) is 3.44. The highest BCUT2D eigenvalue weighted by molar-refractivity contribution is 7.55. The number of halogens is 2. The van der Waals surface area contributed by atoms with Crippen molar-refractivity contribution in [2.45, 2.75) is 80.8 Å². The van der Waals surface area contributed by atoms with Crippen LogP contribution >= 0.6 is 7.60 Å². The first-order valence-corrected chi connectivity index (χ1v) is 9.73. The normalized spacial score (nSPS) is 15.1. The minimum Gasteiger partial charge on any atom is -0.304 e. The SMILES string of the molecule is CC(C)(C)CCOP(=O)(OCCC(C)(C)C)C(F)(F)C(C)(C)C. The molecule has 0 atom stereocenters. The summed E-state index contributed by atoms with van der Waals surface area (Å²) in [5, 5.41) is 0. The van der Waals surface area contributed by atoms with Crippen LogP contribution in [0, 0.1) is 16.2 Å². The summed E-state index contributed by atoms with van der Waals surface area (Å²) in [6.07, 6.45) is 1.06. The molecule has 0 saturated carbocycles. The summed E-state index contributed by atoms with van der Waals surface area (Å²) >= 11 is 0. The van der Waals surface area contributed by atoms with Crippen molar-refractivity contribution in [3.63, 3.8) is 0 Å². The van der Waals surface area contributed by atoms with E-state index in [1.54, 1.807) is 0 Å². The second-order valence-corrected chi connectivity index (χ2v) is 11.6. The highest BCUT2D eigenvalue weighted by Gasteiger charge is 2.61. The Labute approximate surface area is 141 Å². The lowest BCUT2D eigenvalue weighted by atomic mass is 9.93. The number of hydrogen-bond acceptors (Lipinski definition) is 3. The molecule has 0 aliphatic heterocycles. The monoisotopic (exact) mass is 356 g/mol. The molecule has 6 heteroatoms. The molecule has 0 N–H and O–H groups in total. The Hall–Kier alpha value is 0.01000. The molecule has 0 aromatic rings. The predicted molar refractivity (Wildman–Crippen MR) is 92.1 cm³/mol. The lowest BCUT2D eigenvalue weighted by Crippen LogP contribution is -2.35. The van der Waals surface area contributed by atoms with Crippen LogP contribution in [0.5, 0.6) is 0 Å². The van der Waals surface area contributed by atoms with Crippen LogP contribution in [0.25, 0.3) is 0 Å². The number of alkyl halides is 2. The Morgan fingerprint density at radius 1 is 0.739 bits per heavy atom. The smallest absolute Gasteiger partial charge is 0.304 e. The first kappa shape index (κ1) is 23.0. The van der Waals surface area contributed by atoms with Gasteiger partial charge in [0.1, 0.15) is 0 Å². The summed E-state index contributed by atoms with van der Waals surface area (Å²) in [7, 11) is -4.55. The Bertz CT molecular complexity index is 391. The molecule has 0 radical (unpaired) electrons. The maximum Gasteiger partial charge on any atom is 0.400 e. The van der Waals surface area contributed by atoms with E-state index < -0.39 is 18.7 Å². The first-order chi connectivity index (χ1) is 9.91. The standard InChI is InChI=1S/C17H35F2O3P/c1-14(2,3)10-12-21-23(20,17(18,19)16(7,8)9)22-13-11-15(4,5)6/h10-13H2,1-9H3. The molecule has 0 bridgehead atoms. The lowest BCUT2D eigenvalue weighted by Gasteiger charge is -2.36. The van der Waals surface area contributed by atoms with Gasteiger partial charge in [-0.1, -0.05) is 62.3 Å². The lowest BCUT2D eigenvalue weighted by molar-refractivity contribution is -0.0504. The minimum atomic E-state index is -4.55. The van der Waals surface area contributed by atoms with E-state index in [4.69, 9.17) is 9.05 Å². The fourth-order valence-electron chi connectivity index (χ4n) is 1.55. The van der Waals surface area contributed by atoms with Gasteiger partial charge in [0.2, 0.25) is 0 Å². The van der Waals surface area contributed by atoms with E-state index in [9.17, 15) is 13.3 Å². The first-order valence-electron chi connectivity index (χ1n) is 8.18. The van der Waals surface area contributed by atoms with E-state index in [0.717, 1.165) is 0 Å². The molecule has 0 aliphatic rings. The van der Waals surface area contributed by atoms with Crippen LogP contribution in [0.2, 0.25) is 0 Å². The van der Waals surface area contributed by atoms with Gasteiger partial charge < -0.3 is 9.05 Å². The largest absolute Gasteiger partial charge is 0.400 e. The zero-order valence-corrected chi connectivity index (χ0v) is 17.2. The molecule has 140 valence electrons. The molecule has 0 rings (SSSR count). The average Bonchev–Trinajstić information content (AvgIpc) is 2.23. The van der Waals surface area contributed by atoms with Gasteiger partial charge in [0.25, 0.3) is 0 Å². The minimum absolute atomic E-state index is 0.0119. The topological polar surface area (TPSA) is 35.5 Å². The third-order valence-electron chi connectivity index (χ3n) is 3.47. The van der Waals surface area contributed by atoms with Gasteiger partial charge >= 0.3 is 13.3 Å². The van der Waals surface area contributed by atoms with Gasteiger partial charge in [-0.3, -0.25) is 4.57 Å². The molecule has 0 amide bonds. The van der Waals surface area contributed by atoms with E-state index >= 15 is 0 Å². The van der Waals surface area contributed by atoms with Gasteiger partial charge in [-0.25, -0.2) is 0 Å². The van der Waals surface area contributed by atoms with Gasteiger partial charge in [0.15, 0.2) is 0 Å². The highest BCUT2D eigenvalue weighted by Crippen LogP contribution is 2.68. The van der Waals surface area contributed by atoms with Crippen LogP contribution in [0.1, 0.15) is 75.2 Å². The fraction of sp³-hybridized carbons (Fsp3) is 1.00. The van der Waals surface area contributed by atoms with Crippen molar-refractivity contribution >= 4 is 7.60 Å². The Balaban J connectivity index is 5.17. The molecule has 0 aromatic heterocycles. The second-order valence-electron chi connectivity index (χ2n) is 9.58. The summed E-state index contributed by atoms with van der Waals surface area (Å²) in [5.74, 6) is 0. The molecule has 0 heterocycles. The van der Waals surface area contributed by atoms with Crippen LogP contribution in [-0.2, 0) is 13.6 Å². The Morgan fingerprint density at radius 3 is 1.26 bits per heavy atom. The molecule has 3 nitrogen and oxygen atoms in total. The highest BCUT2D eigenvalue weighted by atomic mass is 31.2. The molecule has 0 aliphatic carbocycles. The predicted octanol–water partition coefficient (Wildman–Crippen LogP) is 6.72. The number of hydrogen-bond donors (Lipinski definition) is 0. The van der Waals surface area contributed by atoms with E-state index in [0.29, 0.717) is 12.8 Å². The summed E-state index contributed by atoms with van der Waals surface area (Å²) in [6.45, 7) is 15.9. The van der Waals surface area contributed by atoms with Crippen LogP contribution in [0.15, 0.2) is 0 Å². The van der Waals surface area contributed by atoms with Crippen molar-refractivity contribution in [2.75, 3.05) is 13.2 Å².